The second-order valence-electron chi connectivity index (χ2n) is 14.1. The fraction of sp³-hybridized carbons (Fsp3) is 0.656. The lowest BCUT2D eigenvalue weighted by molar-refractivity contribution is -0.197. The molecule has 2 unspecified atom stereocenters. The van der Waals surface area contributed by atoms with Gasteiger partial charge in [-0.1, -0.05) is 28.0 Å². The average Bonchev–Trinajstić information content (AvgIpc) is 3.93. The monoisotopic (exact) mass is 1000 g/mol. The van der Waals surface area contributed by atoms with Crippen LogP contribution in [-0.2, 0) is 77.9 Å². The van der Waals surface area contributed by atoms with Crippen LogP contribution in [0.1, 0.15) is 57.8 Å². The van der Waals surface area contributed by atoms with Gasteiger partial charge in [0.1, 0.15) is 0 Å². The van der Waals surface area contributed by atoms with E-state index >= 15 is 0 Å². The molecule has 4 heterocycles. The fourth-order valence-corrected chi connectivity index (χ4v) is 11.1. The molecule has 0 saturated carbocycles. The van der Waals surface area contributed by atoms with Gasteiger partial charge in [0.15, 0.2) is 16.5 Å². The maximum Gasteiger partial charge on any atom is 0.334 e. The smallest absolute Gasteiger partial charge is 0.334 e. The fourth-order valence-electron chi connectivity index (χ4n) is 6.23. The number of fused-ring (bicyclic) bond motifs is 1. The van der Waals surface area contributed by atoms with Gasteiger partial charge in [-0.25, -0.2) is 14.4 Å². The summed E-state index contributed by atoms with van der Waals surface area (Å²) in [5.74, 6) is -10.1. The molecule has 0 aliphatic carbocycles. The highest BCUT2D eigenvalue weighted by Gasteiger charge is 2.49. The Bertz CT molecular complexity index is 2010. The molecule has 32 heteroatoms. The van der Waals surface area contributed by atoms with Crippen molar-refractivity contribution in [3.63, 3.8) is 0 Å². The van der Waals surface area contributed by atoms with E-state index < -0.39 is 129 Å². The van der Waals surface area contributed by atoms with Crippen molar-refractivity contribution in [3.05, 3.63) is 0 Å². The minimum absolute atomic E-state index is 0.101. The van der Waals surface area contributed by atoms with Gasteiger partial charge in [-0.3, -0.25) is 47.5 Å². The Kier molecular flexibility index (Phi) is 19.0. The molecular formula is C32H44N8O19S5. The number of hydroxylamine groups is 4. The van der Waals surface area contributed by atoms with Gasteiger partial charge in [0, 0.05) is 55.0 Å². The first-order chi connectivity index (χ1) is 30.1. The minimum atomic E-state index is -5.00. The number of carbonyl (C=O) groups is 11. The SMILES string of the molecule is O=C(CCCC[C@@H]1SC[C@@H]2NC(=O)N[C@@H]21)NCCSSCCC(=O)NC(C(=O)NCCC(=O)ON1C(=O)CC(S(=O)(=O)O)C1=O)C(=O)NCCC(=O)ON1C(=O)CC(S(=O)(=O)O)C1=O. The molecule has 4 aliphatic rings. The number of urea groups is 1. The number of amides is 10. The Labute approximate surface area is 376 Å². The van der Waals surface area contributed by atoms with Crippen molar-refractivity contribution in [1.82, 2.24) is 42.0 Å². The van der Waals surface area contributed by atoms with Crippen LogP contribution in [0.2, 0.25) is 0 Å². The molecule has 0 aromatic rings. The summed E-state index contributed by atoms with van der Waals surface area (Å²) in [5, 5.41) is 10.7. The standard InChI is InChI=1S/C32H44N8O19S5/c41-20(4-2-1-3-17-26-16(15-60-17)36-32(51)38-26)33-10-12-62-61-11-7-21(42)37-27(28(47)34-8-5-24(45)58-39-22(43)13-18(30(39)49)63(52,53)54)29(48)35-9-6-25(46)59-40-23(44)14-19(31(40)50)64(55,56)57/h16-19,26-27H,1-15H2,(H,33,41)(H,34,47)(H,35,48)(H,37,42)(H2,36,38,51)(H,52,53,54)(H,55,56,57)/t16-,17-,18?,19?,26-,27?/m0/s1. The van der Waals surface area contributed by atoms with E-state index in [2.05, 4.69) is 41.6 Å². The lowest BCUT2D eigenvalue weighted by Gasteiger charge is -2.19. The minimum Gasteiger partial charge on any atom is -0.355 e. The van der Waals surface area contributed by atoms with Crippen LogP contribution in [0.25, 0.3) is 0 Å². The first-order valence-corrected chi connectivity index (χ1v) is 25.7. The van der Waals surface area contributed by atoms with Crippen LogP contribution >= 0.6 is 33.3 Å². The van der Waals surface area contributed by atoms with Crippen molar-refractivity contribution in [2.75, 3.05) is 36.9 Å². The van der Waals surface area contributed by atoms with Crippen LogP contribution in [-0.4, -0.2) is 172 Å². The van der Waals surface area contributed by atoms with Gasteiger partial charge in [-0.2, -0.15) is 28.6 Å². The first-order valence-electron chi connectivity index (χ1n) is 19.2. The van der Waals surface area contributed by atoms with E-state index in [1.165, 1.54) is 21.6 Å². The summed E-state index contributed by atoms with van der Waals surface area (Å²) >= 11 is 1.80. The van der Waals surface area contributed by atoms with Gasteiger partial charge in [0.2, 0.25) is 11.8 Å². The molecule has 0 bridgehead atoms. The molecule has 0 aromatic carbocycles. The van der Waals surface area contributed by atoms with E-state index in [0.29, 0.717) is 30.4 Å². The number of hydrogen-bond donors (Lipinski definition) is 8. The van der Waals surface area contributed by atoms with E-state index in [1.807, 2.05) is 0 Å². The van der Waals surface area contributed by atoms with Crippen molar-refractivity contribution in [2.24, 2.45) is 0 Å². The maximum atomic E-state index is 13.1. The van der Waals surface area contributed by atoms with E-state index in [-0.39, 0.29) is 46.3 Å². The van der Waals surface area contributed by atoms with Crippen molar-refractivity contribution < 1.29 is 88.4 Å². The molecule has 4 saturated heterocycles. The molecule has 0 radical (unpaired) electrons. The van der Waals surface area contributed by atoms with Gasteiger partial charge in [0.25, 0.3) is 55.7 Å². The van der Waals surface area contributed by atoms with Gasteiger partial charge < -0.3 is 41.6 Å². The van der Waals surface area contributed by atoms with Crippen molar-refractivity contribution >= 4 is 119 Å². The molecule has 4 fully saturated rings. The van der Waals surface area contributed by atoms with E-state index in [1.54, 1.807) is 11.8 Å². The molecule has 8 N–H and O–H groups in total. The zero-order chi connectivity index (χ0) is 47.4. The summed E-state index contributed by atoms with van der Waals surface area (Å²) < 4.78 is 63.5. The van der Waals surface area contributed by atoms with Crippen LogP contribution in [0.4, 0.5) is 4.79 Å². The molecule has 0 aromatic heterocycles. The molecule has 5 atom stereocenters. The van der Waals surface area contributed by atoms with Crippen LogP contribution in [0.3, 0.4) is 0 Å². The van der Waals surface area contributed by atoms with Crippen LogP contribution in [0.15, 0.2) is 0 Å². The summed E-state index contributed by atoms with van der Waals surface area (Å²) in [6.07, 6.45) is -1.04. The van der Waals surface area contributed by atoms with Crippen molar-refractivity contribution in [2.45, 2.75) is 91.7 Å². The van der Waals surface area contributed by atoms with Crippen LogP contribution < -0.4 is 31.9 Å². The Balaban J connectivity index is 1.18. The Hall–Kier alpha value is -4.76. The molecule has 27 nitrogen and oxygen atoms in total. The van der Waals surface area contributed by atoms with Gasteiger partial charge in [-0.15, -0.1) is 10.1 Å². The number of nitrogens with one attached hydrogen (secondary N) is 6. The molecule has 0 spiro atoms. The molecular weight excluding hydrogens is 961 g/mol. The number of nitrogens with zero attached hydrogens (tertiary/aromatic N) is 2. The van der Waals surface area contributed by atoms with E-state index in [0.717, 1.165) is 18.6 Å². The molecule has 10 amide bonds. The van der Waals surface area contributed by atoms with Crippen LogP contribution in [0.5, 0.6) is 0 Å². The van der Waals surface area contributed by atoms with Crippen molar-refractivity contribution in [3.8, 4) is 0 Å². The van der Waals surface area contributed by atoms with Gasteiger partial charge >= 0.3 is 18.0 Å². The highest BCUT2D eigenvalue weighted by molar-refractivity contribution is 8.76. The second-order valence-corrected chi connectivity index (χ2v) is 21.3. The molecule has 356 valence electrons. The Morgan fingerprint density at radius 1 is 0.703 bits per heavy atom. The Morgan fingerprint density at radius 3 is 1.75 bits per heavy atom. The zero-order valence-electron chi connectivity index (χ0n) is 33.3. The van der Waals surface area contributed by atoms with E-state index in [9.17, 15) is 69.6 Å². The zero-order valence-corrected chi connectivity index (χ0v) is 37.4. The number of rotatable bonds is 25. The summed E-state index contributed by atoms with van der Waals surface area (Å²) in [4.78, 5) is 145. The normalized spacial score (nSPS) is 22.3. The largest absolute Gasteiger partial charge is 0.355 e. The quantitative estimate of drug-likeness (QED) is 0.0108. The highest BCUT2D eigenvalue weighted by atomic mass is 33.1. The number of unbranched alkanes of at least 4 members (excludes halogenated alkanes) is 1. The summed E-state index contributed by atoms with van der Waals surface area (Å²) in [5.41, 5.74) is 0. The second kappa shape index (κ2) is 23.4. The third-order valence-corrected chi connectivity index (χ3v) is 15.5. The third kappa shape index (κ3) is 15.2. The Morgan fingerprint density at radius 2 is 1.23 bits per heavy atom. The number of hydrogen-bond acceptors (Lipinski definition) is 20. The molecule has 64 heavy (non-hydrogen) atoms. The molecule has 4 aliphatic heterocycles. The number of thioether (sulfide) groups is 1. The highest BCUT2D eigenvalue weighted by Crippen LogP contribution is 2.33. The predicted molar refractivity (Wildman–Crippen MR) is 219 cm³/mol. The van der Waals surface area contributed by atoms with Crippen LogP contribution in [0, 0.1) is 0 Å². The third-order valence-electron chi connectivity index (χ3n) is 9.40. The summed E-state index contributed by atoms with van der Waals surface area (Å²) in [6.45, 7) is -0.920. The topological polar surface area (TPSA) is 394 Å². The number of carbonyl (C=O) groups excluding carboxylic acids is 11. The summed E-state index contributed by atoms with van der Waals surface area (Å²) in [6, 6.07) is -1.94. The van der Waals surface area contributed by atoms with E-state index in [4.69, 9.17) is 9.11 Å². The molecule has 4 rings (SSSR count). The maximum absolute atomic E-state index is 13.1. The van der Waals surface area contributed by atoms with Gasteiger partial charge in [-0.05, 0) is 12.8 Å². The lowest BCUT2D eigenvalue weighted by Crippen LogP contribution is -2.55. The lowest BCUT2D eigenvalue weighted by atomic mass is 10.0. The van der Waals surface area contributed by atoms with Crippen molar-refractivity contribution in [1.29, 1.82) is 0 Å². The summed E-state index contributed by atoms with van der Waals surface area (Å²) in [7, 11) is -7.42. The first kappa shape index (κ1) is 51.9. The number of imide groups is 2. The van der Waals surface area contributed by atoms with Gasteiger partial charge in [0.05, 0.1) is 37.8 Å². The average molecular weight is 1010 g/mol. The predicted octanol–water partition coefficient (Wildman–Crippen LogP) is -3.96.